The van der Waals surface area contributed by atoms with Gasteiger partial charge >= 0.3 is 84.1 Å². The van der Waals surface area contributed by atoms with Crippen LogP contribution < -0.4 is 21.3 Å². The van der Waals surface area contributed by atoms with Gasteiger partial charge in [0.15, 0.2) is 0 Å². The minimum absolute atomic E-state index is 0.201. The van der Waals surface area contributed by atoms with Crippen molar-refractivity contribution in [2.24, 2.45) is 32.5 Å². The molecular formula is C70H118N4O33. The van der Waals surface area contributed by atoms with E-state index in [0.717, 1.165) is 0 Å². The molecule has 0 aromatic carbocycles. The van der Waals surface area contributed by atoms with Crippen LogP contribution >= 0.6 is 0 Å². The van der Waals surface area contributed by atoms with E-state index in [1.165, 1.54) is 70.0 Å². The zero-order valence-corrected chi connectivity index (χ0v) is 66.4. The number of esters is 10. The first kappa shape index (κ1) is 98.6. The van der Waals surface area contributed by atoms with Crippen molar-refractivity contribution in [2.75, 3.05) is 160 Å². The van der Waals surface area contributed by atoms with Gasteiger partial charge in [0.1, 0.15) is 121 Å². The molecule has 0 bridgehead atoms. The number of carbonyl (C=O) groups is 14. The molecule has 0 saturated heterocycles. The molecule has 0 saturated carbocycles. The van der Waals surface area contributed by atoms with Gasteiger partial charge in [0.2, 0.25) is 0 Å². The molecule has 0 heterocycles. The molecule has 107 heavy (non-hydrogen) atoms. The Morgan fingerprint density at radius 2 is 0.393 bits per heavy atom. The van der Waals surface area contributed by atoms with Gasteiger partial charge in [-0.05, 0) is 125 Å². The Kier molecular flexibility index (Phi) is 42.4. The van der Waals surface area contributed by atoms with E-state index in [9.17, 15) is 67.1 Å². The summed E-state index contributed by atoms with van der Waals surface area (Å²) in [5.74, 6) is -9.50. The van der Waals surface area contributed by atoms with Gasteiger partial charge in [0.05, 0.1) is 65.3 Å². The van der Waals surface area contributed by atoms with Crippen molar-refractivity contribution in [1.82, 2.24) is 21.3 Å². The van der Waals surface area contributed by atoms with E-state index in [0.29, 0.717) is 0 Å². The molecule has 4 amide bonds. The number of amides is 4. The molecule has 0 radical (unpaired) electrons. The molecule has 0 aliphatic rings. The number of methoxy groups -OCH3 is 4. The van der Waals surface area contributed by atoms with Gasteiger partial charge in [-0.15, -0.1) is 0 Å². The SMILES string of the molecule is COCC(C)(COC(=O)C(C)(COC)COC(=O)C(C)(COC(=O)CCNC(=O)OC(C)(C)C)COC(=O)CCNC(=O)OC(C)(C)C)C(=O)OCCOCCOC(=O)C(C)(COC)COC(=O)C(C)(COC)COC(=O)C(C)(COC(=O)CCNC(=O)OC(C)(C)C)COC(=O)CCNC(=O)OC(C)(C)C. The van der Waals surface area contributed by atoms with E-state index in [-0.39, 0.29) is 91.5 Å². The van der Waals surface area contributed by atoms with Crippen LogP contribution in [0.4, 0.5) is 19.2 Å². The summed E-state index contributed by atoms with van der Waals surface area (Å²) in [6.07, 6.45) is -4.61. The molecule has 0 aromatic rings. The maximum Gasteiger partial charge on any atom is 0.407 e. The Morgan fingerprint density at radius 1 is 0.224 bits per heavy atom. The molecule has 0 aliphatic heterocycles. The van der Waals surface area contributed by atoms with Gasteiger partial charge in [-0.1, -0.05) is 0 Å². The lowest BCUT2D eigenvalue weighted by atomic mass is 9.90. The third-order valence-electron chi connectivity index (χ3n) is 14.0. The number of hydrogen-bond donors (Lipinski definition) is 4. The highest BCUT2D eigenvalue weighted by Crippen LogP contribution is 2.30. The average Bonchev–Trinajstić information content (AvgIpc) is 0.831. The second-order valence-corrected chi connectivity index (χ2v) is 30.6. The van der Waals surface area contributed by atoms with Gasteiger partial charge in [-0.25, -0.2) is 19.2 Å². The molecule has 616 valence electrons. The highest BCUT2D eigenvalue weighted by molar-refractivity contribution is 5.84. The first-order chi connectivity index (χ1) is 49.3. The highest BCUT2D eigenvalue weighted by Gasteiger charge is 2.47. The predicted octanol–water partition coefficient (Wildman–Crippen LogP) is 4.72. The van der Waals surface area contributed by atoms with Crippen LogP contribution in [-0.4, -0.2) is 267 Å². The number of carbonyl (C=O) groups excluding carboxylic acids is 14. The molecule has 0 aromatic heterocycles. The van der Waals surface area contributed by atoms with E-state index in [1.54, 1.807) is 83.1 Å². The number of nitrogens with one attached hydrogen (secondary N) is 4. The largest absolute Gasteiger partial charge is 0.464 e. The number of rotatable bonds is 48. The van der Waals surface area contributed by atoms with Crippen molar-refractivity contribution in [3.63, 3.8) is 0 Å². The summed E-state index contributed by atoms with van der Waals surface area (Å²) >= 11 is 0. The second kappa shape index (κ2) is 46.1. The van der Waals surface area contributed by atoms with E-state index in [2.05, 4.69) is 21.3 Å². The monoisotopic (exact) mass is 1540 g/mol. The number of ether oxygens (including phenoxy) is 19. The van der Waals surface area contributed by atoms with Crippen molar-refractivity contribution in [1.29, 1.82) is 0 Å². The lowest BCUT2D eigenvalue weighted by Crippen LogP contribution is -2.46. The molecular weight excluding hydrogens is 1420 g/mol. The number of alkyl carbamates (subject to hydrolysis) is 4. The Balaban J connectivity index is 5.96. The fourth-order valence-corrected chi connectivity index (χ4v) is 8.24. The normalized spacial score (nSPS) is 14.1. The number of hydrogen-bond acceptors (Lipinski definition) is 33. The minimum atomic E-state index is -1.91. The van der Waals surface area contributed by atoms with Crippen molar-refractivity contribution in [3.8, 4) is 0 Å². The second-order valence-electron chi connectivity index (χ2n) is 30.6. The molecule has 0 rings (SSSR count). The molecule has 37 nitrogen and oxygen atoms in total. The summed E-state index contributed by atoms with van der Waals surface area (Å²) in [7, 11) is 5.09. The summed E-state index contributed by atoms with van der Waals surface area (Å²) in [6.45, 7) is 18.8. The smallest absolute Gasteiger partial charge is 0.407 e. The maximum atomic E-state index is 14.0. The first-order valence-corrected chi connectivity index (χ1v) is 34.4. The first-order valence-electron chi connectivity index (χ1n) is 34.4. The quantitative estimate of drug-likeness (QED) is 0.0364. The Labute approximate surface area is 626 Å². The summed E-state index contributed by atoms with van der Waals surface area (Å²) in [4.78, 5) is 183. The predicted molar refractivity (Wildman–Crippen MR) is 372 cm³/mol. The third-order valence-corrected chi connectivity index (χ3v) is 14.0. The zero-order chi connectivity index (χ0) is 82.3. The van der Waals surface area contributed by atoms with Gasteiger partial charge in [-0.2, -0.15) is 0 Å². The van der Waals surface area contributed by atoms with Crippen LogP contribution in [0.3, 0.4) is 0 Å². The summed E-state index contributed by atoms with van der Waals surface area (Å²) < 4.78 is 102. The fourth-order valence-electron chi connectivity index (χ4n) is 8.24. The van der Waals surface area contributed by atoms with Crippen LogP contribution in [-0.2, 0) is 138 Å². The Morgan fingerprint density at radius 3 is 0.570 bits per heavy atom. The molecule has 0 spiro atoms. The summed E-state index contributed by atoms with van der Waals surface area (Å²) in [5, 5.41) is 9.64. The van der Waals surface area contributed by atoms with Crippen molar-refractivity contribution < 1.29 is 157 Å². The van der Waals surface area contributed by atoms with Gasteiger partial charge in [0, 0.05) is 54.6 Å². The van der Waals surface area contributed by atoms with Crippen molar-refractivity contribution >= 4 is 84.1 Å². The highest BCUT2D eigenvalue weighted by atomic mass is 16.6. The summed E-state index contributed by atoms with van der Waals surface area (Å²) in [6, 6.07) is 0. The average molecular weight is 1540 g/mol. The van der Waals surface area contributed by atoms with E-state index in [4.69, 9.17) is 90.0 Å². The van der Waals surface area contributed by atoms with Gasteiger partial charge in [0.25, 0.3) is 0 Å². The fraction of sp³-hybridized carbons (Fsp3) is 0.800. The maximum absolute atomic E-state index is 14.0. The minimum Gasteiger partial charge on any atom is -0.464 e. The Hall–Kier alpha value is -8.42. The Bertz CT molecular complexity index is 2620. The van der Waals surface area contributed by atoms with E-state index < -0.39 is 205 Å². The molecule has 0 fully saturated rings. The van der Waals surface area contributed by atoms with Crippen LogP contribution in [0.25, 0.3) is 0 Å². The molecule has 4 unspecified atom stereocenters. The van der Waals surface area contributed by atoms with Gasteiger partial charge < -0.3 is 111 Å². The van der Waals surface area contributed by atoms with E-state index in [1.807, 2.05) is 0 Å². The van der Waals surface area contributed by atoms with Gasteiger partial charge in [-0.3, -0.25) is 47.9 Å². The van der Waals surface area contributed by atoms with Crippen LogP contribution in [0.15, 0.2) is 0 Å². The topological polar surface area (TPSA) is 462 Å². The molecule has 4 N–H and O–H groups in total. The van der Waals surface area contributed by atoms with Crippen LogP contribution in [0.5, 0.6) is 0 Å². The molecule has 4 atom stereocenters. The van der Waals surface area contributed by atoms with Crippen LogP contribution in [0.2, 0.25) is 0 Å². The van der Waals surface area contributed by atoms with Crippen molar-refractivity contribution in [2.45, 2.75) is 173 Å². The molecule has 0 aliphatic carbocycles. The lowest BCUT2D eigenvalue weighted by Gasteiger charge is -2.32. The zero-order valence-electron chi connectivity index (χ0n) is 66.4. The van der Waals surface area contributed by atoms with Crippen LogP contribution in [0.1, 0.15) is 150 Å². The van der Waals surface area contributed by atoms with E-state index >= 15 is 0 Å². The molecule has 37 heteroatoms. The van der Waals surface area contributed by atoms with Crippen LogP contribution in [0, 0.1) is 32.5 Å². The third kappa shape index (κ3) is 42.1. The van der Waals surface area contributed by atoms with Crippen molar-refractivity contribution in [3.05, 3.63) is 0 Å². The lowest BCUT2D eigenvalue weighted by molar-refractivity contribution is -0.183. The summed E-state index contributed by atoms with van der Waals surface area (Å²) in [5.41, 5.74) is -13.9. The standard InChI is InChI=1S/C70H118N4O33/c1-61(2,3)104-57(85)71-27-23-47(75)96-39-69(17,40-97-48(76)24-28-72-58(86)105-62(4,5)6)55(83)102-45-67(15,37-91-21)53(81)100-43-65(13,35-89-19)51(79)94-33-31-93-32-34-95-52(80)66(14,36-90-20)44-101-54(82)68(16,38-92-22)46-103-56(84)70(18,41-98-49(77)25-29-73-59(87)106-63(7,8)9)42-99-50(78)26-30-74-60(88)107-64(10,11)12/h23-46H2,1-22H3,(H,71,85)(H,72,86)(H,73,87)(H,74,88).